The van der Waals surface area contributed by atoms with Crippen molar-refractivity contribution in [3.8, 4) is 0 Å². The number of fused-ring (bicyclic) bond motifs is 1. The summed E-state index contributed by atoms with van der Waals surface area (Å²) >= 11 is 11.5. The molecule has 2 aromatic rings. The van der Waals surface area contributed by atoms with Crippen LogP contribution in [0.25, 0.3) is 11.0 Å². The summed E-state index contributed by atoms with van der Waals surface area (Å²) in [5.41, 5.74) is 1.72. The van der Waals surface area contributed by atoms with Gasteiger partial charge in [0.05, 0.1) is 0 Å². The van der Waals surface area contributed by atoms with E-state index in [1.165, 1.54) is 0 Å². The Bertz CT molecular complexity index is 362. The van der Waals surface area contributed by atoms with Crippen LogP contribution in [0, 0.1) is 0 Å². The molecule has 1 heterocycles. The SMILES string of the molecule is Clc1cc2n[se]nc2cc1Cl. The number of benzene rings is 1. The molecule has 2 rings (SSSR count). The van der Waals surface area contributed by atoms with Gasteiger partial charge in [0.1, 0.15) is 0 Å². The summed E-state index contributed by atoms with van der Waals surface area (Å²) < 4.78 is 8.31. The van der Waals surface area contributed by atoms with Crippen molar-refractivity contribution >= 4 is 49.2 Å². The standard InChI is InChI=1S/C6H2Cl2N2Se/c7-3-1-5-6(2-4(3)8)10-11-9-5/h1-2H. The van der Waals surface area contributed by atoms with E-state index in [2.05, 4.69) is 7.96 Å². The van der Waals surface area contributed by atoms with Gasteiger partial charge in [-0.25, -0.2) is 0 Å². The van der Waals surface area contributed by atoms with Crippen LogP contribution in [0.1, 0.15) is 0 Å². The van der Waals surface area contributed by atoms with Crippen molar-refractivity contribution in [3.05, 3.63) is 22.2 Å². The molecule has 0 aliphatic heterocycles. The van der Waals surface area contributed by atoms with E-state index in [1.807, 2.05) is 0 Å². The number of hydrogen-bond acceptors (Lipinski definition) is 2. The molecule has 0 amide bonds. The first-order valence-electron chi connectivity index (χ1n) is 2.85. The molecule has 0 N–H and O–H groups in total. The molecular formula is C6H2Cl2N2Se. The van der Waals surface area contributed by atoms with Gasteiger partial charge in [0.2, 0.25) is 0 Å². The molecule has 0 aliphatic rings. The molecule has 5 heteroatoms. The van der Waals surface area contributed by atoms with Crippen molar-refractivity contribution in [1.82, 2.24) is 7.96 Å². The Morgan fingerprint density at radius 2 is 1.45 bits per heavy atom. The average molecular weight is 252 g/mol. The zero-order valence-corrected chi connectivity index (χ0v) is 8.44. The molecule has 0 atom stereocenters. The van der Waals surface area contributed by atoms with E-state index in [1.54, 1.807) is 12.1 Å². The van der Waals surface area contributed by atoms with Crippen LogP contribution < -0.4 is 0 Å². The van der Waals surface area contributed by atoms with Crippen LogP contribution >= 0.6 is 23.2 Å². The van der Waals surface area contributed by atoms with E-state index in [0.717, 1.165) is 11.0 Å². The van der Waals surface area contributed by atoms with E-state index in [4.69, 9.17) is 23.2 Å². The van der Waals surface area contributed by atoms with Gasteiger partial charge >= 0.3 is 79.3 Å². The first-order valence-corrected chi connectivity index (χ1v) is 5.13. The van der Waals surface area contributed by atoms with Crippen molar-refractivity contribution in [3.63, 3.8) is 0 Å². The molecule has 11 heavy (non-hydrogen) atoms. The van der Waals surface area contributed by atoms with Gasteiger partial charge in [-0.1, -0.05) is 0 Å². The first kappa shape index (κ1) is 7.56. The minimum absolute atomic E-state index is 0.00363. The molecule has 1 aromatic heterocycles. The normalized spacial score (nSPS) is 10.7. The average Bonchev–Trinajstić information content (AvgIpc) is 2.36. The fourth-order valence-electron chi connectivity index (χ4n) is 0.780. The molecule has 0 bridgehead atoms. The number of aromatic nitrogens is 2. The Morgan fingerprint density at radius 3 is 1.91 bits per heavy atom. The van der Waals surface area contributed by atoms with Gasteiger partial charge in [0.25, 0.3) is 0 Å². The third-order valence-electron chi connectivity index (χ3n) is 1.30. The summed E-state index contributed by atoms with van der Waals surface area (Å²) in [4.78, 5) is 0. The van der Waals surface area contributed by atoms with Gasteiger partial charge in [0, 0.05) is 0 Å². The van der Waals surface area contributed by atoms with Crippen molar-refractivity contribution in [2.45, 2.75) is 0 Å². The van der Waals surface area contributed by atoms with Crippen molar-refractivity contribution < 1.29 is 0 Å². The maximum absolute atomic E-state index is 5.77. The van der Waals surface area contributed by atoms with Gasteiger partial charge in [-0.3, -0.25) is 0 Å². The van der Waals surface area contributed by atoms with Crippen LogP contribution in [0.4, 0.5) is 0 Å². The topological polar surface area (TPSA) is 25.8 Å². The molecule has 1 aromatic carbocycles. The molecule has 0 aliphatic carbocycles. The predicted octanol–water partition coefficient (Wildman–Crippen LogP) is 1.99. The summed E-state index contributed by atoms with van der Waals surface area (Å²) in [6.07, 6.45) is 0. The number of rotatable bonds is 0. The zero-order chi connectivity index (χ0) is 7.84. The van der Waals surface area contributed by atoms with Gasteiger partial charge in [-0.15, -0.1) is 0 Å². The fourth-order valence-corrected chi connectivity index (χ4v) is 2.16. The van der Waals surface area contributed by atoms with Crippen LogP contribution in [-0.2, 0) is 0 Å². The molecule has 0 spiro atoms. The molecule has 0 fully saturated rings. The monoisotopic (exact) mass is 252 g/mol. The summed E-state index contributed by atoms with van der Waals surface area (Å²) in [6.45, 7) is 0. The summed E-state index contributed by atoms with van der Waals surface area (Å²) in [7, 11) is 0. The Morgan fingerprint density at radius 1 is 1.00 bits per heavy atom. The second-order valence-corrected chi connectivity index (χ2v) is 3.94. The van der Waals surface area contributed by atoms with Crippen molar-refractivity contribution in [1.29, 1.82) is 0 Å². The molecule has 0 saturated carbocycles. The minimum atomic E-state index is -0.00363. The van der Waals surface area contributed by atoms with E-state index < -0.39 is 0 Å². The Labute approximate surface area is 79.4 Å². The van der Waals surface area contributed by atoms with Crippen LogP contribution in [0.5, 0.6) is 0 Å². The van der Waals surface area contributed by atoms with E-state index >= 15 is 0 Å². The third kappa shape index (κ3) is 1.29. The quantitative estimate of drug-likeness (QED) is 0.670. The molecule has 0 radical (unpaired) electrons. The predicted molar refractivity (Wildman–Crippen MR) is 46.5 cm³/mol. The Hall–Kier alpha value is -0.0805. The van der Waals surface area contributed by atoms with Crippen molar-refractivity contribution in [2.24, 2.45) is 0 Å². The zero-order valence-electron chi connectivity index (χ0n) is 5.21. The van der Waals surface area contributed by atoms with Crippen LogP contribution in [0.15, 0.2) is 12.1 Å². The van der Waals surface area contributed by atoms with Gasteiger partial charge in [-0.2, -0.15) is 0 Å². The molecular weight excluding hydrogens is 250 g/mol. The Kier molecular flexibility index (Phi) is 1.90. The van der Waals surface area contributed by atoms with Gasteiger partial charge < -0.3 is 0 Å². The molecule has 56 valence electrons. The van der Waals surface area contributed by atoms with Crippen molar-refractivity contribution in [2.75, 3.05) is 0 Å². The maximum atomic E-state index is 5.77. The van der Waals surface area contributed by atoms with Gasteiger partial charge in [-0.05, 0) is 0 Å². The molecule has 2 nitrogen and oxygen atoms in total. The Balaban J connectivity index is 2.86. The van der Waals surface area contributed by atoms with Gasteiger partial charge in [0.15, 0.2) is 0 Å². The number of hydrogen-bond donors (Lipinski definition) is 0. The van der Waals surface area contributed by atoms with Crippen LogP contribution in [-0.4, -0.2) is 22.9 Å². The summed E-state index contributed by atoms with van der Waals surface area (Å²) in [6, 6.07) is 3.49. The summed E-state index contributed by atoms with van der Waals surface area (Å²) in [5.74, 6) is 0. The second kappa shape index (κ2) is 2.76. The van der Waals surface area contributed by atoms with Crippen LogP contribution in [0.3, 0.4) is 0 Å². The molecule has 0 unspecified atom stereocenters. The van der Waals surface area contributed by atoms with E-state index in [9.17, 15) is 0 Å². The summed E-state index contributed by atoms with van der Waals surface area (Å²) in [5, 5.41) is 1.09. The van der Waals surface area contributed by atoms with E-state index in [0.29, 0.717) is 10.0 Å². The van der Waals surface area contributed by atoms with E-state index in [-0.39, 0.29) is 15.0 Å². The number of halogens is 2. The second-order valence-electron chi connectivity index (χ2n) is 2.02. The van der Waals surface area contributed by atoms with Crippen LogP contribution in [0.2, 0.25) is 10.0 Å². The third-order valence-corrected chi connectivity index (χ3v) is 3.19. The fraction of sp³-hybridized carbons (Fsp3) is 0. The first-order chi connectivity index (χ1) is 5.27. The molecule has 0 saturated heterocycles. The number of nitrogens with zero attached hydrogens (tertiary/aromatic N) is 2.